The van der Waals surface area contributed by atoms with Crippen molar-refractivity contribution in [1.82, 2.24) is 14.9 Å². The first-order valence-corrected chi connectivity index (χ1v) is 9.47. The molecule has 1 aromatic carbocycles. The highest BCUT2D eigenvalue weighted by atomic mass is 35.5. The molecule has 1 aliphatic rings. The second-order valence-electron chi connectivity index (χ2n) is 6.84. The Bertz CT molecular complexity index is 967. The molecule has 1 saturated heterocycles. The summed E-state index contributed by atoms with van der Waals surface area (Å²) in [6.07, 6.45) is 1.87. The van der Waals surface area contributed by atoms with E-state index in [2.05, 4.69) is 27.2 Å². The molecule has 0 aliphatic carbocycles. The van der Waals surface area contributed by atoms with Crippen LogP contribution in [-0.2, 0) is 4.79 Å². The molecule has 0 saturated carbocycles. The zero-order chi connectivity index (χ0) is 21.8. The molecule has 1 fully saturated rings. The van der Waals surface area contributed by atoms with Crippen LogP contribution in [0.1, 0.15) is 18.1 Å². The first-order chi connectivity index (χ1) is 14.3. The number of rotatable bonds is 6. The average molecular weight is 416 g/mol. The van der Waals surface area contributed by atoms with Crippen LogP contribution in [0.3, 0.4) is 0 Å². The first kappa shape index (κ1) is 19.2. The van der Waals surface area contributed by atoms with E-state index in [-0.39, 0.29) is 29.1 Å². The number of nitrogens with one attached hydrogen (secondary N) is 2. The van der Waals surface area contributed by atoms with E-state index in [1.807, 2.05) is 0 Å². The zero-order valence-corrected chi connectivity index (χ0v) is 17.0. The Morgan fingerprint density at radius 3 is 2.76 bits per heavy atom. The number of hydrogen-bond donors (Lipinski definition) is 2. The van der Waals surface area contributed by atoms with Crippen molar-refractivity contribution in [3.05, 3.63) is 53.7 Å². The summed E-state index contributed by atoms with van der Waals surface area (Å²) in [6, 6.07) is 6.69. The van der Waals surface area contributed by atoms with Gasteiger partial charge < -0.3 is 20.4 Å². The highest BCUT2D eigenvalue weighted by Gasteiger charge is 2.27. The van der Waals surface area contributed by atoms with Crippen molar-refractivity contribution in [2.75, 3.05) is 42.7 Å². The van der Waals surface area contributed by atoms with Gasteiger partial charge in [-0.1, -0.05) is 18.2 Å². The van der Waals surface area contributed by atoms with Gasteiger partial charge in [-0.05, 0) is 36.8 Å². The molecule has 1 aromatic heterocycles. The number of carbonyl (C=O) groups excluding carboxylic acids is 2. The quantitative estimate of drug-likeness (QED) is 0.705. The summed E-state index contributed by atoms with van der Waals surface area (Å²) in [7, 11) is 3.59. The van der Waals surface area contributed by atoms with Crippen molar-refractivity contribution in [2.45, 2.75) is 12.5 Å². The summed E-state index contributed by atoms with van der Waals surface area (Å²) >= 11 is 6.09. The molecule has 2 aromatic rings. The number of amides is 2. The van der Waals surface area contributed by atoms with E-state index in [1.54, 1.807) is 48.2 Å². The van der Waals surface area contributed by atoms with Gasteiger partial charge in [-0.15, -0.1) is 0 Å². The number of likely N-dealkylation sites (tertiary alicyclic amines) is 1. The Balaban J connectivity index is 1.63. The van der Waals surface area contributed by atoms with Gasteiger partial charge in [0.05, 0.1) is 7.54 Å². The van der Waals surface area contributed by atoms with Gasteiger partial charge in [-0.3, -0.25) is 9.59 Å². The zero-order valence-electron chi connectivity index (χ0n) is 17.3. The lowest BCUT2D eigenvalue weighted by Gasteiger charge is -2.18. The molecule has 29 heavy (non-hydrogen) atoms. The standard InChI is InChI=1S/C20H23ClN6O2/c1-4-17(28)23-14-7-5-13(6-8-14)19(29)27-10-9-15(12-27)24-20-22-11-16(21)18(25-20)26(2)3/h4-8,11,15H,1,9-10,12H2,2-3H3,(H,23,28)(H,22,24,25)/t15-/m0/s1/i11D. The summed E-state index contributed by atoms with van der Waals surface area (Å²) in [5.41, 5.74) is 1.14. The molecule has 1 aliphatic heterocycles. The van der Waals surface area contributed by atoms with Gasteiger partial charge in [0.25, 0.3) is 5.91 Å². The van der Waals surface area contributed by atoms with Crippen LogP contribution >= 0.6 is 11.6 Å². The highest BCUT2D eigenvalue weighted by molar-refractivity contribution is 6.32. The SMILES string of the molecule is [2H]c1nc(N[C@H]2CCN(C(=O)c3ccc(NC(=O)C=C)cc3)C2)nc(N(C)C)c1Cl. The topological polar surface area (TPSA) is 90.5 Å². The van der Waals surface area contributed by atoms with Crippen LogP contribution in [0.15, 0.2) is 43.1 Å². The van der Waals surface area contributed by atoms with E-state index in [1.165, 1.54) is 6.08 Å². The Kier molecular flexibility index (Phi) is 5.90. The fourth-order valence-electron chi connectivity index (χ4n) is 3.00. The molecule has 0 radical (unpaired) electrons. The Morgan fingerprint density at radius 2 is 2.10 bits per heavy atom. The number of carbonyl (C=O) groups is 2. The number of hydrogen-bond acceptors (Lipinski definition) is 6. The van der Waals surface area contributed by atoms with E-state index in [0.29, 0.717) is 36.1 Å². The number of nitrogens with zero attached hydrogens (tertiary/aromatic N) is 4. The minimum Gasteiger partial charge on any atom is -0.361 e. The third kappa shape index (κ3) is 5.03. The largest absolute Gasteiger partial charge is 0.361 e. The predicted molar refractivity (Wildman–Crippen MR) is 115 cm³/mol. The Morgan fingerprint density at radius 1 is 1.38 bits per heavy atom. The third-order valence-electron chi connectivity index (χ3n) is 4.49. The van der Waals surface area contributed by atoms with Crippen molar-refractivity contribution < 1.29 is 11.0 Å². The first-order valence-electron chi connectivity index (χ1n) is 9.59. The highest BCUT2D eigenvalue weighted by Crippen LogP contribution is 2.23. The van der Waals surface area contributed by atoms with Gasteiger partial charge in [0, 0.05) is 44.5 Å². The molecule has 3 rings (SSSR count). The van der Waals surface area contributed by atoms with Crippen molar-refractivity contribution in [1.29, 1.82) is 0 Å². The van der Waals surface area contributed by atoms with Gasteiger partial charge in [-0.25, -0.2) is 4.98 Å². The Hall–Kier alpha value is -3.13. The molecule has 2 N–H and O–H groups in total. The number of aromatic nitrogens is 2. The maximum atomic E-state index is 12.8. The molecule has 0 spiro atoms. The lowest BCUT2D eigenvalue weighted by atomic mass is 10.2. The molecule has 1 atom stereocenters. The smallest absolute Gasteiger partial charge is 0.253 e. The molecule has 0 unspecified atom stereocenters. The van der Waals surface area contributed by atoms with Crippen LogP contribution in [0, 0.1) is 0 Å². The van der Waals surface area contributed by atoms with Crippen molar-refractivity contribution >= 4 is 40.9 Å². The molecule has 152 valence electrons. The number of anilines is 3. The number of benzene rings is 1. The van der Waals surface area contributed by atoms with E-state index >= 15 is 0 Å². The summed E-state index contributed by atoms with van der Waals surface area (Å²) in [5, 5.41) is 6.04. The lowest BCUT2D eigenvalue weighted by Crippen LogP contribution is -2.32. The average Bonchev–Trinajstić information content (AvgIpc) is 3.18. The predicted octanol–water partition coefficient (Wildman–Crippen LogP) is 2.65. The van der Waals surface area contributed by atoms with Crippen LogP contribution in [0.25, 0.3) is 0 Å². The molecule has 9 heteroatoms. The maximum Gasteiger partial charge on any atom is 0.253 e. The third-order valence-corrected chi connectivity index (χ3v) is 4.74. The molecule has 0 bridgehead atoms. The monoisotopic (exact) mass is 415 g/mol. The van der Waals surface area contributed by atoms with Crippen LogP contribution in [0.5, 0.6) is 0 Å². The summed E-state index contributed by atoms with van der Waals surface area (Å²) in [5.74, 6) is 0.386. The van der Waals surface area contributed by atoms with E-state index in [4.69, 9.17) is 13.0 Å². The Labute approximate surface area is 176 Å². The van der Waals surface area contributed by atoms with Gasteiger partial charge in [0.2, 0.25) is 11.9 Å². The van der Waals surface area contributed by atoms with E-state index in [0.717, 1.165) is 6.42 Å². The van der Waals surface area contributed by atoms with Gasteiger partial charge >= 0.3 is 0 Å². The van der Waals surface area contributed by atoms with Crippen LogP contribution in [-0.4, -0.2) is 59.9 Å². The van der Waals surface area contributed by atoms with Gasteiger partial charge in [-0.2, -0.15) is 4.98 Å². The second kappa shape index (κ2) is 8.91. The van der Waals surface area contributed by atoms with Gasteiger partial charge in [0.1, 0.15) is 5.02 Å². The fourth-order valence-corrected chi connectivity index (χ4v) is 3.26. The normalized spacial score (nSPS) is 16.2. The van der Waals surface area contributed by atoms with Crippen LogP contribution < -0.4 is 15.5 Å². The minimum absolute atomic E-state index is 0.0318. The fraction of sp³-hybridized carbons (Fsp3) is 0.300. The molecular formula is C20H23ClN6O2. The molecule has 2 amide bonds. The van der Waals surface area contributed by atoms with Gasteiger partial charge in [0.15, 0.2) is 5.82 Å². The number of halogens is 1. The molecule has 8 nitrogen and oxygen atoms in total. The van der Waals surface area contributed by atoms with Crippen molar-refractivity contribution in [3.63, 3.8) is 0 Å². The van der Waals surface area contributed by atoms with Crippen molar-refractivity contribution in [3.8, 4) is 0 Å². The van der Waals surface area contributed by atoms with Crippen LogP contribution in [0.4, 0.5) is 17.5 Å². The molecular weight excluding hydrogens is 392 g/mol. The maximum absolute atomic E-state index is 12.8. The summed E-state index contributed by atoms with van der Waals surface area (Å²) in [4.78, 5) is 36.1. The van der Waals surface area contributed by atoms with E-state index in [9.17, 15) is 9.59 Å². The minimum atomic E-state index is -0.305. The lowest BCUT2D eigenvalue weighted by molar-refractivity contribution is -0.111. The molecule has 2 heterocycles. The summed E-state index contributed by atoms with van der Waals surface area (Å²) < 4.78 is 7.91. The van der Waals surface area contributed by atoms with E-state index < -0.39 is 0 Å². The summed E-state index contributed by atoms with van der Waals surface area (Å²) in [6.45, 7) is 4.49. The van der Waals surface area contributed by atoms with Crippen LogP contribution in [0.2, 0.25) is 5.02 Å². The van der Waals surface area contributed by atoms with Crippen molar-refractivity contribution in [2.24, 2.45) is 0 Å². The second-order valence-corrected chi connectivity index (χ2v) is 7.22.